The van der Waals surface area contributed by atoms with Crippen molar-refractivity contribution in [3.05, 3.63) is 60.0 Å². The van der Waals surface area contributed by atoms with Gasteiger partial charge in [-0.15, -0.1) is 10.2 Å². The molecule has 30 heavy (non-hydrogen) atoms. The van der Waals surface area contributed by atoms with E-state index in [0.29, 0.717) is 49.0 Å². The highest BCUT2D eigenvalue weighted by molar-refractivity contribution is 7.89. The van der Waals surface area contributed by atoms with Gasteiger partial charge in [-0.3, -0.25) is 4.79 Å². The van der Waals surface area contributed by atoms with Gasteiger partial charge in [0.1, 0.15) is 0 Å². The number of carbonyl (C=O) groups excluding carboxylic acids is 1. The minimum absolute atomic E-state index is 0.0831. The molecular formula is C20H20N4O5S. The van der Waals surface area contributed by atoms with E-state index in [2.05, 4.69) is 15.5 Å². The predicted octanol–water partition coefficient (Wildman–Crippen LogP) is 2.32. The summed E-state index contributed by atoms with van der Waals surface area (Å²) in [5, 5.41) is 10.3. The maximum atomic E-state index is 12.9. The average Bonchev–Trinajstić information content (AvgIpc) is 3.30. The Morgan fingerprint density at radius 3 is 2.67 bits per heavy atom. The zero-order chi connectivity index (χ0) is 21.1. The number of anilines is 1. The van der Waals surface area contributed by atoms with Crippen LogP contribution in [0.5, 0.6) is 0 Å². The van der Waals surface area contributed by atoms with Crippen LogP contribution in [-0.4, -0.2) is 55.1 Å². The number of rotatable bonds is 5. The summed E-state index contributed by atoms with van der Waals surface area (Å²) in [5.41, 5.74) is 2.14. The van der Waals surface area contributed by atoms with Gasteiger partial charge in [0.05, 0.1) is 18.1 Å². The van der Waals surface area contributed by atoms with Crippen molar-refractivity contribution in [2.24, 2.45) is 0 Å². The normalized spacial score (nSPS) is 15.1. The molecule has 0 bridgehead atoms. The summed E-state index contributed by atoms with van der Waals surface area (Å²) < 4.78 is 37.6. The smallest absolute Gasteiger partial charge is 0.255 e. The summed E-state index contributed by atoms with van der Waals surface area (Å²) in [6, 6.07) is 11.5. The van der Waals surface area contributed by atoms with Crippen molar-refractivity contribution < 1.29 is 22.4 Å². The molecule has 3 aromatic rings. The Labute approximate surface area is 173 Å². The first-order valence-electron chi connectivity index (χ1n) is 9.31. The molecular weight excluding hydrogens is 408 g/mol. The van der Waals surface area contributed by atoms with Crippen LogP contribution >= 0.6 is 0 Å². The molecule has 4 rings (SSSR count). The molecule has 1 aliphatic heterocycles. The summed E-state index contributed by atoms with van der Waals surface area (Å²) >= 11 is 0. The Balaban J connectivity index is 1.59. The van der Waals surface area contributed by atoms with Crippen molar-refractivity contribution in [2.75, 3.05) is 31.6 Å². The molecule has 1 saturated heterocycles. The SMILES string of the molecule is Cc1ccc(S(=O)(=O)N2CCOCC2)cc1C(=O)Nc1cccc(-c2nnco2)c1. The lowest BCUT2D eigenvalue weighted by molar-refractivity contribution is 0.0730. The first-order chi connectivity index (χ1) is 14.4. The highest BCUT2D eigenvalue weighted by atomic mass is 32.2. The lowest BCUT2D eigenvalue weighted by Crippen LogP contribution is -2.40. The van der Waals surface area contributed by atoms with Crippen molar-refractivity contribution in [2.45, 2.75) is 11.8 Å². The number of aryl methyl sites for hydroxylation is 1. The summed E-state index contributed by atoms with van der Waals surface area (Å²) in [7, 11) is -3.70. The van der Waals surface area contributed by atoms with Gasteiger partial charge in [0.2, 0.25) is 22.3 Å². The highest BCUT2D eigenvalue weighted by Gasteiger charge is 2.27. The molecule has 0 spiro atoms. The lowest BCUT2D eigenvalue weighted by atomic mass is 10.1. The molecule has 1 amide bonds. The molecule has 1 N–H and O–H groups in total. The van der Waals surface area contributed by atoms with E-state index in [-0.39, 0.29) is 10.5 Å². The fourth-order valence-corrected chi connectivity index (χ4v) is 4.60. The van der Waals surface area contributed by atoms with Crippen molar-refractivity contribution in [1.29, 1.82) is 0 Å². The summed E-state index contributed by atoms with van der Waals surface area (Å²) in [5.74, 6) is -0.0740. The Bertz CT molecular complexity index is 1160. The lowest BCUT2D eigenvalue weighted by Gasteiger charge is -2.26. The average molecular weight is 428 g/mol. The second-order valence-corrected chi connectivity index (χ2v) is 8.71. The molecule has 2 aromatic carbocycles. The standard InChI is InChI=1S/C20H20N4O5S/c1-14-5-6-17(30(26,27)24-7-9-28-10-8-24)12-18(14)19(25)22-16-4-2-3-15(11-16)20-23-21-13-29-20/h2-6,11-13H,7-10H2,1H3,(H,22,25). The van der Waals surface area contributed by atoms with E-state index in [4.69, 9.17) is 9.15 Å². The molecule has 0 unspecified atom stereocenters. The Hall–Kier alpha value is -3.08. The minimum Gasteiger partial charge on any atom is -0.423 e. The maximum absolute atomic E-state index is 12.9. The van der Waals surface area contributed by atoms with E-state index in [1.165, 1.54) is 22.8 Å². The van der Waals surface area contributed by atoms with E-state index < -0.39 is 15.9 Å². The van der Waals surface area contributed by atoms with Crippen LogP contribution < -0.4 is 5.32 Å². The number of hydrogen-bond donors (Lipinski definition) is 1. The molecule has 1 aromatic heterocycles. The van der Waals surface area contributed by atoms with Gasteiger partial charge in [0, 0.05) is 29.9 Å². The quantitative estimate of drug-likeness (QED) is 0.663. The minimum atomic E-state index is -3.70. The number of carbonyl (C=O) groups is 1. The van der Waals surface area contributed by atoms with Gasteiger partial charge in [-0.1, -0.05) is 12.1 Å². The number of morpholine rings is 1. The number of ether oxygens (including phenoxy) is 1. The number of nitrogens with one attached hydrogen (secondary N) is 1. The second-order valence-electron chi connectivity index (χ2n) is 6.77. The van der Waals surface area contributed by atoms with Gasteiger partial charge < -0.3 is 14.5 Å². The molecule has 9 nitrogen and oxygen atoms in total. The number of aromatic nitrogens is 2. The van der Waals surface area contributed by atoms with Crippen molar-refractivity contribution in [3.63, 3.8) is 0 Å². The summed E-state index contributed by atoms with van der Waals surface area (Å²) in [6.45, 7) is 3.05. The van der Waals surface area contributed by atoms with Gasteiger partial charge in [0.25, 0.3) is 5.91 Å². The third kappa shape index (κ3) is 4.11. The van der Waals surface area contributed by atoms with Gasteiger partial charge >= 0.3 is 0 Å². The van der Waals surface area contributed by atoms with Crippen LogP contribution in [0.2, 0.25) is 0 Å². The van der Waals surface area contributed by atoms with Crippen LogP contribution in [0.25, 0.3) is 11.5 Å². The topological polar surface area (TPSA) is 115 Å². The zero-order valence-electron chi connectivity index (χ0n) is 16.2. The summed E-state index contributed by atoms with van der Waals surface area (Å²) in [4.78, 5) is 13.0. The van der Waals surface area contributed by atoms with Crippen LogP contribution in [0.15, 0.2) is 58.2 Å². The Morgan fingerprint density at radius 2 is 1.93 bits per heavy atom. The van der Waals surface area contributed by atoms with Crippen LogP contribution in [0.3, 0.4) is 0 Å². The molecule has 10 heteroatoms. The van der Waals surface area contributed by atoms with Crippen LogP contribution in [0.4, 0.5) is 5.69 Å². The maximum Gasteiger partial charge on any atom is 0.255 e. The first-order valence-corrected chi connectivity index (χ1v) is 10.8. The molecule has 2 heterocycles. The Morgan fingerprint density at radius 1 is 1.13 bits per heavy atom. The van der Waals surface area contributed by atoms with E-state index in [1.54, 1.807) is 37.3 Å². The van der Waals surface area contributed by atoms with Crippen molar-refractivity contribution in [3.8, 4) is 11.5 Å². The number of hydrogen-bond acceptors (Lipinski definition) is 7. The number of benzene rings is 2. The molecule has 156 valence electrons. The van der Waals surface area contributed by atoms with Gasteiger partial charge in [-0.2, -0.15) is 4.31 Å². The van der Waals surface area contributed by atoms with Crippen molar-refractivity contribution in [1.82, 2.24) is 14.5 Å². The van der Waals surface area contributed by atoms with Crippen LogP contribution in [0, 0.1) is 6.92 Å². The fraction of sp³-hybridized carbons (Fsp3) is 0.250. The number of amides is 1. The van der Waals surface area contributed by atoms with Crippen LogP contribution in [-0.2, 0) is 14.8 Å². The second kappa shape index (κ2) is 8.34. The number of nitrogens with zero attached hydrogens (tertiary/aromatic N) is 3. The molecule has 0 atom stereocenters. The van der Waals surface area contributed by atoms with Gasteiger partial charge in [-0.25, -0.2) is 8.42 Å². The molecule has 1 fully saturated rings. The zero-order valence-corrected chi connectivity index (χ0v) is 17.1. The highest BCUT2D eigenvalue weighted by Crippen LogP contribution is 2.23. The molecule has 1 aliphatic rings. The van der Waals surface area contributed by atoms with E-state index in [0.717, 1.165) is 0 Å². The molecule has 0 aliphatic carbocycles. The third-order valence-corrected chi connectivity index (χ3v) is 6.68. The Kier molecular flexibility index (Phi) is 5.62. The predicted molar refractivity (Wildman–Crippen MR) is 108 cm³/mol. The van der Waals surface area contributed by atoms with E-state index >= 15 is 0 Å². The van der Waals surface area contributed by atoms with Crippen molar-refractivity contribution >= 4 is 21.6 Å². The molecule has 0 saturated carbocycles. The first kappa shape index (κ1) is 20.2. The molecule has 0 radical (unpaired) electrons. The monoisotopic (exact) mass is 428 g/mol. The fourth-order valence-electron chi connectivity index (χ4n) is 3.17. The number of sulfonamides is 1. The van der Waals surface area contributed by atoms with E-state index in [1.807, 2.05) is 0 Å². The van der Waals surface area contributed by atoms with Gasteiger partial charge in [0.15, 0.2) is 0 Å². The van der Waals surface area contributed by atoms with Gasteiger partial charge in [-0.05, 0) is 42.8 Å². The van der Waals surface area contributed by atoms with Crippen LogP contribution in [0.1, 0.15) is 15.9 Å². The summed E-state index contributed by atoms with van der Waals surface area (Å²) in [6.07, 6.45) is 1.23. The largest absolute Gasteiger partial charge is 0.423 e. The third-order valence-electron chi connectivity index (χ3n) is 4.79. The van der Waals surface area contributed by atoms with E-state index in [9.17, 15) is 13.2 Å².